The van der Waals surface area contributed by atoms with Gasteiger partial charge in [-0.05, 0) is 43.2 Å². The summed E-state index contributed by atoms with van der Waals surface area (Å²) >= 11 is 0. The van der Waals surface area contributed by atoms with Gasteiger partial charge in [0.15, 0.2) is 0 Å². The molecule has 2 aliphatic heterocycles. The van der Waals surface area contributed by atoms with E-state index >= 15 is 0 Å². The van der Waals surface area contributed by atoms with Gasteiger partial charge in [0.25, 0.3) is 11.8 Å². The Hall–Kier alpha value is -2.74. The molecule has 0 bridgehead atoms. The number of nitrogens with zero attached hydrogens (tertiary/aromatic N) is 4. The van der Waals surface area contributed by atoms with Crippen molar-refractivity contribution in [3.63, 3.8) is 0 Å². The van der Waals surface area contributed by atoms with Gasteiger partial charge in [-0.1, -0.05) is 0 Å². The predicted octanol–water partition coefficient (Wildman–Crippen LogP) is 1.60. The first kappa shape index (κ1) is 17.7. The lowest BCUT2D eigenvalue weighted by atomic mass is 9.90. The Morgan fingerprint density at radius 1 is 1.22 bits per heavy atom. The van der Waals surface area contributed by atoms with Crippen LogP contribution < -0.4 is 4.90 Å². The van der Waals surface area contributed by atoms with Crippen molar-refractivity contribution in [2.45, 2.75) is 18.4 Å². The first-order valence-electron chi connectivity index (χ1n) is 8.95. The predicted molar refractivity (Wildman–Crippen MR) is 95.8 cm³/mol. The van der Waals surface area contributed by atoms with Gasteiger partial charge in [-0.2, -0.15) is 5.10 Å². The lowest BCUT2D eigenvalue weighted by molar-refractivity contribution is -0.144. The number of halogens is 1. The third-order valence-electron chi connectivity index (χ3n) is 5.25. The quantitative estimate of drug-likeness (QED) is 0.803. The van der Waals surface area contributed by atoms with E-state index in [0.29, 0.717) is 31.0 Å². The van der Waals surface area contributed by atoms with E-state index in [1.165, 1.54) is 12.1 Å². The Morgan fingerprint density at radius 3 is 2.70 bits per heavy atom. The molecule has 142 valence electrons. The average Bonchev–Trinajstić information content (AvgIpc) is 3.10. The Labute approximate surface area is 156 Å². The van der Waals surface area contributed by atoms with Gasteiger partial charge in [0.1, 0.15) is 23.7 Å². The van der Waals surface area contributed by atoms with Gasteiger partial charge >= 0.3 is 0 Å². The zero-order valence-corrected chi connectivity index (χ0v) is 15.1. The average molecular weight is 372 g/mol. The number of anilines is 1. The number of carbonyl (C=O) groups excluding carboxylic acids is 2. The van der Waals surface area contributed by atoms with Crippen molar-refractivity contribution >= 4 is 17.5 Å². The van der Waals surface area contributed by atoms with Crippen LogP contribution in [0.1, 0.15) is 23.3 Å². The standard InChI is InChI=1S/C19H21FN4O3/c1-22-16(7-9-21-22)18(26)23-10-2-8-19(12-23)13-24(17(25)11-27-19)15-5-3-14(20)4-6-15/h3-7,9H,2,8,10-13H2,1H3. The van der Waals surface area contributed by atoms with E-state index in [0.717, 1.165) is 12.8 Å². The molecule has 1 unspecified atom stereocenters. The number of hydrogen-bond donors (Lipinski definition) is 0. The van der Waals surface area contributed by atoms with Crippen molar-refractivity contribution in [3.8, 4) is 0 Å². The van der Waals surface area contributed by atoms with E-state index in [1.807, 2.05) is 0 Å². The SMILES string of the molecule is Cn1nccc1C(=O)N1CCCC2(C1)CN(c1ccc(F)cc1)C(=O)CO2. The second kappa shape index (κ2) is 6.77. The summed E-state index contributed by atoms with van der Waals surface area (Å²) in [5, 5.41) is 4.06. The van der Waals surface area contributed by atoms with E-state index in [9.17, 15) is 14.0 Å². The summed E-state index contributed by atoms with van der Waals surface area (Å²) in [7, 11) is 1.74. The highest BCUT2D eigenvalue weighted by Crippen LogP contribution is 2.32. The molecular weight excluding hydrogens is 351 g/mol. The van der Waals surface area contributed by atoms with E-state index < -0.39 is 5.60 Å². The van der Waals surface area contributed by atoms with Crippen molar-refractivity contribution in [1.29, 1.82) is 0 Å². The number of piperidine rings is 1. The van der Waals surface area contributed by atoms with Crippen LogP contribution in [0.5, 0.6) is 0 Å². The minimum Gasteiger partial charge on any atom is -0.361 e. The molecule has 1 spiro atoms. The molecule has 2 amide bonds. The van der Waals surface area contributed by atoms with Gasteiger partial charge in [0.05, 0.1) is 13.1 Å². The minimum atomic E-state index is -0.616. The van der Waals surface area contributed by atoms with Crippen LogP contribution in [0.2, 0.25) is 0 Å². The molecule has 2 aromatic rings. The molecule has 3 heterocycles. The van der Waals surface area contributed by atoms with Crippen LogP contribution in [0.4, 0.5) is 10.1 Å². The van der Waals surface area contributed by atoms with Crippen LogP contribution in [-0.4, -0.2) is 58.3 Å². The number of ether oxygens (including phenoxy) is 1. The fraction of sp³-hybridized carbons (Fsp3) is 0.421. The zero-order chi connectivity index (χ0) is 19.0. The van der Waals surface area contributed by atoms with Crippen LogP contribution in [0.3, 0.4) is 0 Å². The first-order chi connectivity index (χ1) is 13.0. The Balaban J connectivity index is 1.55. The molecule has 1 aromatic carbocycles. The van der Waals surface area contributed by atoms with Gasteiger partial charge < -0.3 is 14.5 Å². The monoisotopic (exact) mass is 372 g/mol. The van der Waals surface area contributed by atoms with E-state index in [2.05, 4.69) is 5.10 Å². The largest absolute Gasteiger partial charge is 0.361 e. The molecule has 1 aromatic heterocycles. The van der Waals surface area contributed by atoms with Crippen LogP contribution in [0.15, 0.2) is 36.5 Å². The molecule has 0 saturated carbocycles. The lowest BCUT2D eigenvalue weighted by Crippen LogP contribution is -2.62. The smallest absolute Gasteiger partial charge is 0.272 e. The molecule has 7 nitrogen and oxygen atoms in total. The second-order valence-corrected chi connectivity index (χ2v) is 7.10. The van der Waals surface area contributed by atoms with Crippen LogP contribution in [-0.2, 0) is 16.6 Å². The number of rotatable bonds is 2. The third kappa shape index (κ3) is 3.32. The fourth-order valence-corrected chi connectivity index (χ4v) is 3.84. The second-order valence-electron chi connectivity index (χ2n) is 7.10. The Morgan fingerprint density at radius 2 is 2.00 bits per heavy atom. The number of aromatic nitrogens is 2. The number of hydrogen-bond acceptors (Lipinski definition) is 4. The molecule has 1 atom stereocenters. The van der Waals surface area contributed by atoms with Crippen molar-refractivity contribution in [3.05, 3.63) is 48.0 Å². The molecule has 2 aliphatic rings. The van der Waals surface area contributed by atoms with Gasteiger partial charge in [0, 0.05) is 25.5 Å². The molecule has 2 fully saturated rings. The number of benzene rings is 1. The fourth-order valence-electron chi connectivity index (χ4n) is 3.84. The maximum atomic E-state index is 13.2. The van der Waals surface area contributed by atoms with Gasteiger partial charge in [-0.25, -0.2) is 4.39 Å². The highest BCUT2D eigenvalue weighted by atomic mass is 19.1. The summed E-state index contributed by atoms with van der Waals surface area (Å²) in [6.45, 7) is 1.33. The molecule has 0 radical (unpaired) electrons. The van der Waals surface area contributed by atoms with Gasteiger partial charge in [0.2, 0.25) is 0 Å². The zero-order valence-electron chi connectivity index (χ0n) is 15.1. The molecule has 2 saturated heterocycles. The Bertz CT molecular complexity index is 866. The number of amides is 2. The van der Waals surface area contributed by atoms with Crippen molar-refractivity contribution in [2.75, 3.05) is 31.1 Å². The highest BCUT2D eigenvalue weighted by molar-refractivity contribution is 5.95. The number of likely N-dealkylation sites (tertiary alicyclic amines) is 1. The highest BCUT2D eigenvalue weighted by Gasteiger charge is 2.44. The van der Waals surface area contributed by atoms with Crippen molar-refractivity contribution in [1.82, 2.24) is 14.7 Å². The van der Waals surface area contributed by atoms with Gasteiger partial charge in [-0.3, -0.25) is 14.3 Å². The topological polar surface area (TPSA) is 67.7 Å². The molecule has 4 rings (SSSR count). The maximum absolute atomic E-state index is 13.2. The van der Waals surface area contributed by atoms with Crippen LogP contribution in [0, 0.1) is 5.82 Å². The van der Waals surface area contributed by atoms with Gasteiger partial charge in [-0.15, -0.1) is 0 Å². The minimum absolute atomic E-state index is 0.0505. The van der Waals surface area contributed by atoms with Crippen LogP contribution in [0.25, 0.3) is 0 Å². The van der Waals surface area contributed by atoms with Crippen molar-refractivity contribution < 1.29 is 18.7 Å². The summed E-state index contributed by atoms with van der Waals surface area (Å²) in [4.78, 5) is 28.6. The summed E-state index contributed by atoms with van der Waals surface area (Å²) < 4.78 is 20.7. The first-order valence-corrected chi connectivity index (χ1v) is 8.95. The molecular formula is C19H21FN4O3. The normalized spacial score (nSPS) is 23.1. The summed E-state index contributed by atoms with van der Waals surface area (Å²) in [6.07, 6.45) is 3.14. The molecule has 0 aliphatic carbocycles. The molecule has 27 heavy (non-hydrogen) atoms. The third-order valence-corrected chi connectivity index (χ3v) is 5.25. The summed E-state index contributed by atoms with van der Waals surface area (Å²) in [5.41, 5.74) is 0.544. The summed E-state index contributed by atoms with van der Waals surface area (Å²) in [5.74, 6) is -0.606. The molecule has 8 heteroatoms. The summed E-state index contributed by atoms with van der Waals surface area (Å²) in [6, 6.07) is 7.55. The molecule has 0 N–H and O–H groups in total. The van der Waals surface area contributed by atoms with E-state index in [4.69, 9.17) is 4.74 Å². The van der Waals surface area contributed by atoms with E-state index in [1.54, 1.807) is 45.9 Å². The maximum Gasteiger partial charge on any atom is 0.272 e. The Kier molecular flexibility index (Phi) is 4.43. The van der Waals surface area contributed by atoms with Crippen LogP contribution >= 0.6 is 0 Å². The van der Waals surface area contributed by atoms with Crippen molar-refractivity contribution in [2.24, 2.45) is 7.05 Å². The number of morpholine rings is 1. The number of carbonyl (C=O) groups is 2. The lowest BCUT2D eigenvalue weighted by Gasteiger charge is -2.47. The van der Waals surface area contributed by atoms with E-state index in [-0.39, 0.29) is 24.2 Å². The number of aryl methyl sites for hydroxylation is 1.